The summed E-state index contributed by atoms with van der Waals surface area (Å²) < 4.78 is 5.88. The summed E-state index contributed by atoms with van der Waals surface area (Å²) in [4.78, 5) is 7.03. The number of hydrogen-bond donors (Lipinski definition) is 2. The van der Waals surface area contributed by atoms with Crippen molar-refractivity contribution in [2.45, 2.75) is 31.7 Å². The van der Waals surface area contributed by atoms with Gasteiger partial charge in [0.25, 0.3) is 0 Å². The number of anilines is 1. The largest absolute Gasteiger partial charge is 0.439 e. The van der Waals surface area contributed by atoms with Crippen molar-refractivity contribution < 1.29 is 4.74 Å². The molecule has 0 unspecified atom stereocenters. The van der Waals surface area contributed by atoms with E-state index in [-0.39, 0.29) is 5.54 Å². The highest BCUT2D eigenvalue weighted by Gasteiger charge is 2.41. The Labute approximate surface area is 149 Å². The molecule has 1 aromatic heterocycles. The maximum atomic E-state index is 5.88. The molecule has 0 amide bonds. The van der Waals surface area contributed by atoms with Crippen molar-refractivity contribution in [3.8, 4) is 11.6 Å². The van der Waals surface area contributed by atoms with Gasteiger partial charge in [-0.2, -0.15) is 0 Å². The van der Waals surface area contributed by atoms with Crippen molar-refractivity contribution >= 4 is 5.69 Å². The third-order valence-corrected chi connectivity index (χ3v) is 5.34. The van der Waals surface area contributed by atoms with Crippen LogP contribution in [0.1, 0.15) is 25.3 Å². The lowest BCUT2D eigenvalue weighted by molar-refractivity contribution is 0.316. The number of benzene rings is 1. The van der Waals surface area contributed by atoms with Gasteiger partial charge in [0.2, 0.25) is 5.88 Å². The predicted molar refractivity (Wildman–Crippen MR) is 100 cm³/mol. The number of aromatic nitrogens is 1. The zero-order valence-electron chi connectivity index (χ0n) is 14.8. The van der Waals surface area contributed by atoms with Gasteiger partial charge in [-0.1, -0.05) is 19.1 Å². The number of nitrogens with one attached hydrogen (secondary N) is 2. The summed E-state index contributed by atoms with van der Waals surface area (Å²) in [6.45, 7) is 6.20. The lowest BCUT2D eigenvalue weighted by atomic mass is 9.94. The first-order valence-electron chi connectivity index (χ1n) is 9.21. The summed E-state index contributed by atoms with van der Waals surface area (Å²) in [5, 5.41) is 6.95. The maximum Gasteiger partial charge on any atom is 0.219 e. The molecule has 2 aliphatic rings. The molecule has 3 heterocycles. The molecule has 0 atom stereocenters. The van der Waals surface area contributed by atoms with Crippen LogP contribution >= 0.6 is 0 Å². The van der Waals surface area contributed by atoms with Crippen molar-refractivity contribution in [3.63, 3.8) is 0 Å². The molecule has 2 N–H and O–H groups in total. The minimum absolute atomic E-state index is 0.179. The number of aryl methyl sites for hydroxylation is 1. The van der Waals surface area contributed by atoms with E-state index in [0.717, 1.165) is 38.5 Å². The van der Waals surface area contributed by atoms with Crippen LogP contribution in [0.2, 0.25) is 0 Å². The molecule has 5 nitrogen and oxygen atoms in total. The standard InChI is InChI=1S/C20H26N4O/c1-2-16-4-7-18(8-5-16)25-19-9-6-17(12-23-19)24-11-3-10-20(24)13-21-15-22-14-20/h4-9,12,21-22H,2-3,10-11,13-15H2,1H3. The molecule has 1 spiro atoms. The maximum absolute atomic E-state index is 5.88. The van der Waals surface area contributed by atoms with Crippen LogP contribution in [0, 0.1) is 0 Å². The summed E-state index contributed by atoms with van der Waals surface area (Å²) in [7, 11) is 0. The highest BCUT2D eigenvalue weighted by Crippen LogP contribution is 2.34. The van der Waals surface area contributed by atoms with E-state index in [1.54, 1.807) is 0 Å². The van der Waals surface area contributed by atoms with Gasteiger partial charge in [0, 0.05) is 32.4 Å². The van der Waals surface area contributed by atoms with Gasteiger partial charge in [0.1, 0.15) is 5.75 Å². The lowest BCUT2D eigenvalue weighted by Gasteiger charge is -2.43. The van der Waals surface area contributed by atoms with E-state index in [9.17, 15) is 0 Å². The average molecular weight is 338 g/mol. The Hall–Kier alpha value is -2.11. The van der Waals surface area contributed by atoms with Crippen molar-refractivity contribution in [1.82, 2.24) is 15.6 Å². The SMILES string of the molecule is CCc1ccc(Oc2ccc(N3CCCC34CNCNC4)cn2)cc1. The van der Waals surface area contributed by atoms with Crippen LogP contribution in [0.15, 0.2) is 42.6 Å². The number of hydrogen-bond acceptors (Lipinski definition) is 5. The topological polar surface area (TPSA) is 49.4 Å². The van der Waals surface area contributed by atoms with Crippen LogP contribution in [0.4, 0.5) is 5.69 Å². The molecular formula is C20H26N4O. The second-order valence-corrected chi connectivity index (χ2v) is 6.96. The first-order valence-corrected chi connectivity index (χ1v) is 9.21. The summed E-state index contributed by atoms with van der Waals surface area (Å²) in [6.07, 6.45) is 5.42. The van der Waals surface area contributed by atoms with Gasteiger partial charge < -0.3 is 20.3 Å². The van der Waals surface area contributed by atoms with Crippen LogP contribution in [0.25, 0.3) is 0 Å². The quantitative estimate of drug-likeness (QED) is 0.898. The second kappa shape index (κ2) is 7.02. The predicted octanol–water partition coefficient (Wildman–Crippen LogP) is 2.93. The van der Waals surface area contributed by atoms with Crippen LogP contribution in [0.5, 0.6) is 11.6 Å². The fourth-order valence-corrected chi connectivity index (χ4v) is 3.96. The number of rotatable bonds is 4. The van der Waals surface area contributed by atoms with Gasteiger partial charge in [-0.25, -0.2) is 4.98 Å². The first-order chi connectivity index (χ1) is 12.3. The van der Waals surface area contributed by atoms with Crippen molar-refractivity contribution in [1.29, 1.82) is 0 Å². The van der Waals surface area contributed by atoms with Gasteiger partial charge in [-0.05, 0) is 43.0 Å². The summed E-state index contributed by atoms with van der Waals surface area (Å²) in [6, 6.07) is 12.3. The minimum Gasteiger partial charge on any atom is -0.439 e. The molecule has 2 fully saturated rings. The molecule has 0 aliphatic carbocycles. The second-order valence-electron chi connectivity index (χ2n) is 6.96. The summed E-state index contributed by atoms with van der Waals surface area (Å²) in [5.41, 5.74) is 2.67. The van der Waals surface area contributed by atoms with E-state index in [1.807, 2.05) is 24.4 Å². The highest BCUT2D eigenvalue weighted by atomic mass is 16.5. The molecule has 132 valence electrons. The lowest BCUT2D eigenvalue weighted by Crippen LogP contribution is -2.62. The zero-order valence-corrected chi connectivity index (χ0v) is 14.8. The van der Waals surface area contributed by atoms with Crippen molar-refractivity contribution in [2.75, 3.05) is 31.2 Å². The van der Waals surface area contributed by atoms with Crippen LogP contribution in [0.3, 0.4) is 0 Å². The fourth-order valence-electron chi connectivity index (χ4n) is 3.96. The Morgan fingerprint density at radius 1 is 1.12 bits per heavy atom. The Balaban J connectivity index is 1.47. The zero-order chi connectivity index (χ0) is 17.1. The average Bonchev–Trinajstić information content (AvgIpc) is 3.06. The van der Waals surface area contributed by atoms with Crippen molar-refractivity contribution in [2.24, 2.45) is 0 Å². The van der Waals surface area contributed by atoms with Gasteiger partial charge in [-0.15, -0.1) is 0 Å². The number of pyridine rings is 1. The first kappa shape index (κ1) is 16.4. The minimum atomic E-state index is 0.179. The molecule has 0 bridgehead atoms. The van der Waals surface area contributed by atoms with Gasteiger partial charge in [-0.3, -0.25) is 0 Å². The Morgan fingerprint density at radius 2 is 1.92 bits per heavy atom. The molecule has 2 saturated heterocycles. The summed E-state index contributed by atoms with van der Waals surface area (Å²) >= 11 is 0. The summed E-state index contributed by atoms with van der Waals surface area (Å²) in [5.74, 6) is 1.47. The van der Waals surface area contributed by atoms with Gasteiger partial charge in [0.15, 0.2) is 0 Å². The smallest absolute Gasteiger partial charge is 0.219 e. The van der Waals surface area contributed by atoms with Crippen LogP contribution in [-0.4, -0.2) is 36.8 Å². The van der Waals surface area contributed by atoms with E-state index >= 15 is 0 Å². The highest BCUT2D eigenvalue weighted by molar-refractivity contribution is 5.50. The van der Waals surface area contributed by atoms with Gasteiger partial charge >= 0.3 is 0 Å². The molecule has 1 aromatic carbocycles. The molecule has 0 saturated carbocycles. The fraction of sp³-hybridized carbons (Fsp3) is 0.450. The third-order valence-electron chi connectivity index (χ3n) is 5.34. The van der Waals surface area contributed by atoms with E-state index in [0.29, 0.717) is 5.88 Å². The van der Waals surface area contributed by atoms with E-state index in [1.165, 1.54) is 24.1 Å². The molecule has 2 aromatic rings. The van der Waals surface area contributed by atoms with Crippen LogP contribution < -0.4 is 20.3 Å². The Morgan fingerprint density at radius 3 is 2.60 bits per heavy atom. The Bertz CT molecular complexity index is 693. The monoisotopic (exact) mass is 338 g/mol. The third kappa shape index (κ3) is 3.34. The van der Waals surface area contributed by atoms with E-state index < -0.39 is 0 Å². The van der Waals surface area contributed by atoms with Crippen LogP contribution in [-0.2, 0) is 6.42 Å². The van der Waals surface area contributed by atoms with Crippen molar-refractivity contribution in [3.05, 3.63) is 48.2 Å². The normalized spacial score (nSPS) is 19.3. The number of ether oxygens (including phenoxy) is 1. The molecule has 0 radical (unpaired) electrons. The molecular weight excluding hydrogens is 312 g/mol. The number of nitrogens with zero attached hydrogens (tertiary/aromatic N) is 2. The molecule has 2 aliphatic heterocycles. The van der Waals surface area contributed by atoms with Gasteiger partial charge in [0.05, 0.1) is 17.4 Å². The Kier molecular flexibility index (Phi) is 4.59. The van der Waals surface area contributed by atoms with E-state index in [2.05, 4.69) is 45.6 Å². The molecule has 5 heteroatoms. The molecule has 25 heavy (non-hydrogen) atoms. The van der Waals surface area contributed by atoms with E-state index in [4.69, 9.17) is 4.74 Å². The molecule has 4 rings (SSSR count).